The molecule has 1 aromatic carbocycles. The molecule has 1 fully saturated rings. The minimum atomic E-state index is -0.878. The molecule has 5 nitrogen and oxygen atoms in total. The highest BCUT2D eigenvalue weighted by Gasteiger charge is 2.39. The first-order valence-corrected chi connectivity index (χ1v) is 7.53. The largest absolute Gasteiger partial charge is 0.496 e. The smallest absolute Gasteiger partial charge is 0.311 e. The average Bonchev–Trinajstić information content (AvgIpc) is 2.46. The molecule has 114 valence electrons. The number of carboxylic acids is 1. The van der Waals surface area contributed by atoms with Crippen molar-refractivity contribution in [3.8, 4) is 5.75 Å². The monoisotopic (exact) mass is 355 g/mol. The third-order valence-electron chi connectivity index (χ3n) is 3.89. The lowest BCUT2D eigenvalue weighted by molar-refractivity contribution is -0.150. The van der Waals surface area contributed by atoms with Crippen LogP contribution in [0.15, 0.2) is 22.7 Å². The lowest BCUT2D eigenvalue weighted by Crippen LogP contribution is -2.48. The number of carbonyl (C=O) groups is 2. The number of nitrogens with zero attached hydrogens (tertiary/aromatic N) is 1. The van der Waals surface area contributed by atoms with Gasteiger partial charge in [0.1, 0.15) is 5.75 Å². The number of benzene rings is 1. The fraction of sp³-hybridized carbons (Fsp3) is 0.467. The van der Waals surface area contributed by atoms with Gasteiger partial charge in [0.05, 0.1) is 18.1 Å². The van der Waals surface area contributed by atoms with Crippen LogP contribution in [0.5, 0.6) is 5.75 Å². The predicted molar refractivity (Wildman–Crippen MR) is 81.6 cm³/mol. The molecule has 0 aliphatic carbocycles. The fourth-order valence-electron chi connectivity index (χ4n) is 2.60. The van der Waals surface area contributed by atoms with Gasteiger partial charge in [-0.05, 0) is 38.0 Å². The number of amides is 1. The SMILES string of the molecule is COc1cc(Br)ccc1C(=O)N1CCCC(C)(C(=O)O)C1. The van der Waals surface area contributed by atoms with Crippen molar-refractivity contribution in [1.29, 1.82) is 0 Å². The molecule has 0 aromatic heterocycles. The maximum atomic E-state index is 12.6. The second-order valence-electron chi connectivity index (χ2n) is 5.54. The zero-order valence-electron chi connectivity index (χ0n) is 12.1. The van der Waals surface area contributed by atoms with Crippen LogP contribution in [0.2, 0.25) is 0 Å². The second kappa shape index (κ2) is 6.05. The first-order valence-electron chi connectivity index (χ1n) is 6.73. The Morgan fingerprint density at radius 1 is 1.43 bits per heavy atom. The van der Waals surface area contributed by atoms with Crippen molar-refractivity contribution in [2.75, 3.05) is 20.2 Å². The highest BCUT2D eigenvalue weighted by Crippen LogP contribution is 2.32. The van der Waals surface area contributed by atoms with Gasteiger partial charge in [0.2, 0.25) is 0 Å². The van der Waals surface area contributed by atoms with Crippen molar-refractivity contribution in [1.82, 2.24) is 4.90 Å². The van der Waals surface area contributed by atoms with Crippen LogP contribution in [0.4, 0.5) is 0 Å². The van der Waals surface area contributed by atoms with E-state index in [0.29, 0.717) is 30.7 Å². The molecule has 1 unspecified atom stereocenters. The standard InChI is InChI=1S/C15H18BrNO4/c1-15(14(19)20)6-3-7-17(9-15)13(18)11-5-4-10(16)8-12(11)21-2/h4-5,8H,3,6-7,9H2,1-2H3,(H,19,20). The maximum absolute atomic E-state index is 12.6. The molecular formula is C15H18BrNO4. The molecule has 1 amide bonds. The summed E-state index contributed by atoms with van der Waals surface area (Å²) in [6.07, 6.45) is 1.27. The second-order valence-corrected chi connectivity index (χ2v) is 6.46. The van der Waals surface area contributed by atoms with Crippen LogP contribution in [0.3, 0.4) is 0 Å². The third-order valence-corrected chi connectivity index (χ3v) is 4.39. The Morgan fingerprint density at radius 2 is 2.14 bits per heavy atom. The number of rotatable bonds is 3. The van der Waals surface area contributed by atoms with Crippen molar-refractivity contribution in [3.05, 3.63) is 28.2 Å². The van der Waals surface area contributed by atoms with Gasteiger partial charge in [-0.15, -0.1) is 0 Å². The predicted octanol–water partition coefficient (Wildman–Crippen LogP) is 2.78. The molecule has 0 radical (unpaired) electrons. The van der Waals surface area contributed by atoms with Crippen LogP contribution < -0.4 is 4.74 Å². The van der Waals surface area contributed by atoms with Gasteiger partial charge < -0.3 is 14.7 Å². The molecule has 1 heterocycles. The summed E-state index contributed by atoms with van der Waals surface area (Å²) in [5.74, 6) is -0.564. The number of ether oxygens (including phenoxy) is 1. The Morgan fingerprint density at radius 3 is 2.76 bits per heavy atom. The molecule has 21 heavy (non-hydrogen) atoms. The molecule has 1 saturated heterocycles. The van der Waals surface area contributed by atoms with Gasteiger partial charge in [0, 0.05) is 17.6 Å². The minimum Gasteiger partial charge on any atom is -0.496 e. The molecule has 6 heteroatoms. The topological polar surface area (TPSA) is 66.8 Å². The van der Waals surface area contributed by atoms with Crippen molar-refractivity contribution < 1.29 is 19.4 Å². The van der Waals surface area contributed by atoms with E-state index in [4.69, 9.17) is 4.74 Å². The first-order chi connectivity index (χ1) is 9.87. The Balaban J connectivity index is 2.26. The molecule has 1 aliphatic rings. The zero-order chi connectivity index (χ0) is 15.6. The van der Waals surface area contributed by atoms with E-state index in [0.717, 1.165) is 4.47 Å². The maximum Gasteiger partial charge on any atom is 0.311 e. The molecule has 1 aromatic rings. The van der Waals surface area contributed by atoms with Gasteiger partial charge in [-0.25, -0.2) is 0 Å². The van der Waals surface area contributed by atoms with E-state index in [-0.39, 0.29) is 12.5 Å². The number of piperidine rings is 1. The van der Waals surface area contributed by atoms with E-state index in [1.807, 2.05) is 0 Å². The molecule has 1 atom stereocenters. The molecular weight excluding hydrogens is 338 g/mol. The summed E-state index contributed by atoms with van der Waals surface area (Å²) >= 11 is 3.34. The van der Waals surface area contributed by atoms with E-state index < -0.39 is 11.4 Å². The number of likely N-dealkylation sites (tertiary alicyclic amines) is 1. The van der Waals surface area contributed by atoms with Crippen LogP contribution in [0.25, 0.3) is 0 Å². The summed E-state index contributed by atoms with van der Waals surface area (Å²) < 4.78 is 6.07. The Hall–Kier alpha value is -1.56. The highest BCUT2D eigenvalue weighted by atomic mass is 79.9. The van der Waals surface area contributed by atoms with E-state index in [1.165, 1.54) is 7.11 Å². The molecule has 1 aliphatic heterocycles. The number of hydrogen-bond acceptors (Lipinski definition) is 3. The molecule has 2 rings (SSSR count). The van der Waals surface area contributed by atoms with E-state index in [2.05, 4.69) is 15.9 Å². The van der Waals surface area contributed by atoms with Crippen molar-refractivity contribution in [2.45, 2.75) is 19.8 Å². The van der Waals surface area contributed by atoms with E-state index in [9.17, 15) is 14.7 Å². The average molecular weight is 356 g/mol. The Kier molecular flexibility index (Phi) is 4.56. The van der Waals surface area contributed by atoms with Crippen LogP contribution in [0.1, 0.15) is 30.1 Å². The van der Waals surface area contributed by atoms with Crippen molar-refractivity contribution in [3.63, 3.8) is 0 Å². The quantitative estimate of drug-likeness (QED) is 0.905. The molecule has 0 saturated carbocycles. The summed E-state index contributed by atoms with van der Waals surface area (Å²) in [5, 5.41) is 9.34. The zero-order valence-corrected chi connectivity index (χ0v) is 13.6. The lowest BCUT2D eigenvalue weighted by atomic mass is 9.82. The van der Waals surface area contributed by atoms with Gasteiger partial charge in [0.25, 0.3) is 5.91 Å². The highest BCUT2D eigenvalue weighted by molar-refractivity contribution is 9.10. The number of methoxy groups -OCH3 is 1. The van der Waals surface area contributed by atoms with Gasteiger partial charge >= 0.3 is 5.97 Å². The minimum absolute atomic E-state index is 0.188. The molecule has 1 N–H and O–H groups in total. The number of aliphatic carboxylic acids is 1. The van der Waals surface area contributed by atoms with Gasteiger partial charge in [0.15, 0.2) is 0 Å². The van der Waals surface area contributed by atoms with Crippen LogP contribution in [-0.4, -0.2) is 42.1 Å². The summed E-state index contributed by atoms with van der Waals surface area (Å²) in [5.41, 5.74) is -0.424. The summed E-state index contributed by atoms with van der Waals surface area (Å²) in [4.78, 5) is 25.6. The van der Waals surface area contributed by atoms with Crippen molar-refractivity contribution >= 4 is 27.8 Å². The van der Waals surface area contributed by atoms with Crippen LogP contribution in [0, 0.1) is 5.41 Å². The summed E-state index contributed by atoms with van der Waals surface area (Å²) in [7, 11) is 1.51. The molecule has 0 spiro atoms. The van der Waals surface area contributed by atoms with E-state index >= 15 is 0 Å². The third kappa shape index (κ3) is 3.20. The number of carboxylic acid groups (broad SMARTS) is 1. The van der Waals surface area contributed by atoms with Crippen LogP contribution >= 0.6 is 15.9 Å². The molecule has 0 bridgehead atoms. The van der Waals surface area contributed by atoms with Gasteiger partial charge in [-0.1, -0.05) is 15.9 Å². The van der Waals surface area contributed by atoms with Gasteiger partial charge in [-0.2, -0.15) is 0 Å². The summed E-state index contributed by atoms with van der Waals surface area (Å²) in [6.45, 7) is 2.48. The first kappa shape index (κ1) is 15.8. The Bertz CT molecular complexity index is 575. The van der Waals surface area contributed by atoms with Crippen LogP contribution in [-0.2, 0) is 4.79 Å². The summed E-state index contributed by atoms with van der Waals surface area (Å²) in [6, 6.07) is 5.20. The number of hydrogen-bond donors (Lipinski definition) is 1. The fourth-order valence-corrected chi connectivity index (χ4v) is 2.94. The van der Waals surface area contributed by atoms with Gasteiger partial charge in [-0.3, -0.25) is 9.59 Å². The lowest BCUT2D eigenvalue weighted by Gasteiger charge is -2.37. The van der Waals surface area contributed by atoms with Crippen molar-refractivity contribution in [2.24, 2.45) is 5.41 Å². The number of halogens is 1. The van der Waals surface area contributed by atoms with E-state index in [1.54, 1.807) is 30.0 Å². The Labute approximate surface area is 132 Å². The normalized spacial score (nSPS) is 22.0. The number of carbonyl (C=O) groups excluding carboxylic acids is 1.